The van der Waals surface area contributed by atoms with Gasteiger partial charge in [0.15, 0.2) is 0 Å². The number of carbonyl (C=O) groups excluding carboxylic acids is 1. The molecule has 1 amide bonds. The van der Waals surface area contributed by atoms with E-state index in [0.29, 0.717) is 18.5 Å². The van der Waals surface area contributed by atoms with Gasteiger partial charge < -0.3 is 10.0 Å². The van der Waals surface area contributed by atoms with Gasteiger partial charge in [0.05, 0.1) is 0 Å². The second-order valence-corrected chi connectivity index (χ2v) is 4.17. The fourth-order valence-corrected chi connectivity index (χ4v) is 2.18. The molecule has 4 nitrogen and oxygen atoms in total. The highest BCUT2D eigenvalue weighted by Crippen LogP contribution is 2.21. The van der Waals surface area contributed by atoms with Gasteiger partial charge in [0.25, 0.3) is 5.91 Å². The van der Waals surface area contributed by atoms with Gasteiger partial charge in [-0.1, -0.05) is 18.2 Å². The number of fused-ring (bicyclic) bond motifs is 1. The smallest absolute Gasteiger partial charge is 0.327 e. The molecular weight excluding hydrogens is 230 g/mol. The molecule has 1 aliphatic heterocycles. The molecule has 0 aromatic heterocycles. The van der Waals surface area contributed by atoms with Gasteiger partial charge in [0.2, 0.25) is 0 Å². The number of nitrogens with zero attached hydrogens (tertiary/aromatic N) is 1. The summed E-state index contributed by atoms with van der Waals surface area (Å²) in [5.41, 5.74) is 1.54. The number of amides is 1. The number of hydrogen-bond acceptors (Lipinski definition) is 2. The van der Waals surface area contributed by atoms with Gasteiger partial charge >= 0.3 is 5.97 Å². The summed E-state index contributed by atoms with van der Waals surface area (Å²) in [6.07, 6.45) is 5.86. The fourth-order valence-electron chi connectivity index (χ4n) is 2.18. The molecule has 2 rings (SSSR count). The van der Waals surface area contributed by atoms with Crippen LogP contribution in [0.25, 0.3) is 0 Å². The van der Waals surface area contributed by atoms with Crippen LogP contribution in [0.1, 0.15) is 22.3 Å². The standard InChI is InChI=1S/C14H13NO3/c1-2-5-12(14(17)18)15-9-8-10-6-3-4-7-11(10)13(15)16/h1,3-4,6-7,12H,5,8-9H2,(H,17,18). The van der Waals surface area contributed by atoms with Gasteiger partial charge in [0, 0.05) is 18.5 Å². The molecule has 0 saturated heterocycles. The van der Waals surface area contributed by atoms with Crippen molar-refractivity contribution in [2.24, 2.45) is 0 Å². The first-order valence-electron chi connectivity index (χ1n) is 5.70. The lowest BCUT2D eigenvalue weighted by Gasteiger charge is -2.32. The Hall–Kier alpha value is -2.28. The van der Waals surface area contributed by atoms with Crippen LogP contribution in [-0.4, -0.2) is 34.5 Å². The molecule has 0 fully saturated rings. The van der Waals surface area contributed by atoms with Gasteiger partial charge in [0.1, 0.15) is 6.04 Å². The second-order valence-electron chi connectivity index (χ2n) is 4.17. The summed E-state index contributed by atoms with van der Waals surface area (Å²) in [4.78, 5) is 24.7. The van der Waals surface area contributed by atoms with Crippen molar-refractivity contribution in [2.45, 2.75) is 18.9 Å². The summed E-state index contributed by atoms with van der Waals surface area (Å²) in [7, 11) is 0. The molecule has 1 aliphatic rings. The maximum absolute atomic E-state index is 12.2. The average Bonchev–Trinajstić information content (AvgIpc) is 2.37. The zero-order valence-corrected chi connectivity index (χ0v) is 9.80. The minimum atomic E-state index is -1.05. The minimum Gasteiger partial charge on any atom is -0.480 e. The summed E-state index contributed by atoms with van der Waals surface area (Å²) >= 11 is 0. The zero-order chi connectivity index (χ0) is 13.1. The molecule has 1 atom stereocenters. The lowest BCUT2D eigenvalue weighted by atomic mass is 9.97. The van der Waals surface area contributed by atoms with Crippen LogP contribution >= 0.6 is 0 Å². The van der Waals surface area contributed by atoms with Crippen molar-refractivity contribution in [3.05, 3.63) is 35.4 Å². The van der Waals surface area contributed by atoms with E-state index in [1.54, 1.807) is 12.1 Å². The highest BCUT2D eigenvalue weighted by atomic mass is 16.4. The molecule has 0 spiro atoms. The Kier molecular flexibility index (Phi) is 3.33. The van der Waals surface area contributed by atoms with E-state index >= 15 is 0 Å². The normalized spacial score (nSPS) is 15.7. The highest BCUT2D eigenvalue weighted by molar-refractivity contribution is 5.98. The van der Waals surface area contributed by atoms with E-state index in [2.05, 4.69) is 5.92 Å². The SMILES string of the molecule is C#CCC(C(=O)O)N1CCc2ccccc2C1=O. The first-order chi connectivity index (χ1) is 8.65. The maximum atomic E-state index is 12.2. The van der Waals surface area contributed by atoms with Crippen LogP contribution in [0.5, 0.6) is 0 Å². The molecule has 18 heavy (non-hydrogen) atoms. The van der Waals surface area contributed by atoms with Gasteiger partial charge in [-0.2, -0.15) is 0 Å². The summed E-state index contributed by atoms with van der Waals surface area (Å²) in [6, 6.07) is 6.32. The summed E-state index contributed by atoms with van der Waals surface area (Å²) < 4.78 is 0. The molecular formula is C14H13NO3. The molecule has 1 aromatic rings. The zero-order valence-electron chi connectivity index (χ0n) is 9.80. The van der Waals surface area contributed by atoms with E-state index in [0.717, 1.165) is 5.56 Å². The van der Waals surface area contributed by atoms with Crippen LogP contribution in [0.3, 0.4) is 0 Å². The first kappa shape index (κ1) is 12.2. The van der Waals surface area contributed by atoms with Gasteiger partial charge in [-0.05, 0) is 18.1 Å². The minimum absolute atomic E-state index is 0.0310. The predicted octanol–water partition coefficient (Wildman–Crippen LogP) is 1.16. The van der Waals surface area contributed by atoms with Gasteiger partial charge in [-0.25, -0.2) is 4.79 Å². The molecule has 0 saturated carbocycles. The van der Waals surface area contributed by atoms with Crippen molar-refractivity contribution in [3.63, 3.8) is 0 Å². The van der Waals surface area contributed by atoms with E-state index in [9.17, 15) is 9.59 Å². The Morgan fingerprint density at radius 3 is 2.89 bits per heavy atom. The van der Waals surface area contributed by atoms with Gasteiger partial charge in [-0.15, -0.1) is 12.3 Å². The number of hydrogen-bond donors (Lipinski definition) is 1. The lowest BCUT2D eigenvalue weighted by Crippen LogP contribution is -2.48. The third kappa shape index (κ3) is 2.07. The Labute approximate surface area is 105 Å². The average molecular weight is 243 g/mol. The molecule has 0 aliphatic carbocycles. The summed E-state index contributed by atoms with van der Waals surface area (Å²) in [5.74, 6) is 1.01. The van der Waals surface area contributed by atoms with E-state index in [1.807, 2.05) is 12.1 Å². The van der Waals surface area contributed by atoms with Gasteiger partial charge in [-0.3, -0.25) is 4.79 Å². The van der Waals surface area contributed by atoms with E-state index in [1.165, 1.54) is 4.90 Å². The number of terminal acetylenes is 1. The molecule has 4 heteroatoms. The predicted molar refractivity (Wildman–Crippen MR) is 66.1 cm³/mol. The Morgan fingerprint density at radius 1 is 1.50 bits per heavy atom. The fraction of sp³-hybridized carbons (Fsp3) is 0.286. The quantitative estimate of drug-likeness (QED) is 0.810. The van der Waals surface area contributed by atoms with Crippen molar-refractivity contribution < 1.29 is 14.7 Å². The van der Waals surface area contributed by atoms with Crippen LogP contribution in [0.4, 0.5) is 0 Å². The van der Waals surface area contributed by atoms with Crippen molar-refractivity contribution in [1.29, 1.82) is 0 Å². The maximum Gasteiger partial charge on any atom is 0.327 e. The van der Waals surface area contributed by atoms with Crippen molar-refractivity contribution in [2.75, 3.05) is 6.54 Å². The van der Waals surface area contributed by atoms with Crippen LogP contribution in [-0.2, 0) is 11.2 Å². The summed E-state index contributed by atoms with van der Waals surface area (Å²) in [6.45, 7) is 0.397. The van der Waals surface area contributed by atoms with Crippen LogP contribution in [0.2, 0.25) is 0 Å². The number of rotatable bonds is 3. The molecule has 92 valence electrons. The number of carboxylic acids is 1. The number of carbonyl (C=O) groups is 2. The molecule has 1 unspecified atom stereocenters. The molecule has 0 radical (unpaired) electrons. The molecule has 1 heterocycles. The topological polar surface area (TPSA) is 57.6 Å². The number of aliphatic carboxylic acids is 1. The number of benzene rings is 1. The molecule has 0 bridgehead atoms. The second kappa shape index (κ2) is 4.92. The Bertz CT molecular complexity index is 530. The lowest BCUT2D eigenvalue weighted by molar-refractivity contribution is -0.142. The van der Waals surface area contributed by atoms with Crippen molar-refractivity contribution in [3.8, 4) is 12.3 Å². The molecule has 1 N–H and O–H groups in total. The Balaban J connectivity index is 2.31. The van der Waals surface area contributed by atoms with E-state index in [-0.39, 0.29) is 12.3 Å². The van der Waals surface area contributed by atoms with Crippen LogP contribution in [0.15, 0.2) is 24.3 Å². The van der Waals surface area contributed by atoms with Crippen molar-refractivity contribution in [1.82, 2.24) is 4.90 Å². The largest absolute Gasteiger partial charge is 0.480 e. The van der Waals surface area contributed by atoms with Crippen LogP contribution in [0, 0.1) is 12.3 Å². The van der Waals surface area contributed by atoms with E-state index < -0.39 is 12.0 Å². The summed E-state index contributed by atoms with van der Waals surface area (Å²) in [5, 5.41) is 9.13. The third-order valence-corrected chi connectivity index (χ3v) is 3.10. The Morgan fingerprint density at radius 2 is 2.22 bits per heavy atom. The van der Waals surface area contributed by atoms with E-state index in [4.69, 9.17) is 11.5 Å². The van der Waals surface area contributed by atoms with Crippen LogP contribution < -0.4 is 0 Å². The monoisotopic (exact) mass is 243 g/mol. The first-order valence-corrected chi connectivity index (χ1v) is 5.70. The molecule has 1 aromatic carbocycles. The highest BCUT2D eigenvalue weighted by Gasteiger charge is 2.33. The third-order valence-electron chi connectivity index (χ3n) is 3.10. The number of carboxylic acid groups (broad SMARTS) is 1. The van der Waals surface area contributed by atoms with Crippen molar-refractivity contribution >= 4 is 11.9 Å².